The van der Waals surface area contributed by atoms with Crippen molar-refractivity contribution in [2.45, 2.75) is 48.7 Å². The molecule has 0 radical (unpaired) electrons. The minimum atomic E-state index is -3.90. The number of benzene rings is 2. The maximum atomic E-state index is 13.5. The van der Waals surface area contributed by atoms with Gasteiger partial charge in [0, 0.05) is 18.9 Å². The van der Waals surface area contributed by atoms with E-state index in [0.717, 1.165) is 16.7 Å². The molecule has 0 amide bonds. The molecule has 1 N–H and O–H groups in total. The van der Waals surface area contributed by atoms with Gasteiger partial charge in [-0.2, -0.15) is 0 Å². The first-order valence-corrected chi connectivity index (χ1v) is 13.4. The van der Waals surface area contributed by atoms with Gasteiger partial charge < -0.3 is 0 Å². The van der Waals surface area contributed by atoms with Gasteiger partial charge in [0.15, 0.2) is 9.84 Å². The van der Waals surface area contributed by atoms with Crippen LogP contribution in [0.2, 0.25) is 0 Å². The molecule has 0 saturated heterocycles. The van der Waals surface area contributed by atoms with Crippen molar-refractivity contribution in [2.75, 3.05) is 6.54 Å². The van der Waals surface area contributed by atoms with E-state index in [2.05, 4.69) is 9.71 Å². The molecule has 0 saturated carbocycles. The third-order valence-electron chi connectivity index (χ3n) is 5.55. The molecule has 0 fully saturated rings. The fourth-order valence-corrected chi connectivity index (χ4v) is 6.21. The Morgan fingerprint density at radius 3 is 2.06 bits per heavy atom. The Balaban J connectivity index is 1.95. The number of hydrogen-bond donors (Lipinski definition) is 1. The molecule has 0 bridgehead atoms. The first kappa shape index (κ1) is 24.1. The van der Waals surface area contributed by atoms with E-state index in [1.54, 1.807) is 54.7 Å². The topological polar surface area (TPSA) is 93.2 Å². The standard InChI is InChI=1S/C24H28N2O4S2/c1-17(2)20-8-11-22(12-9-20)31(27,28)24(21-6-5-13-25-15-21)16-26-32(29,30)23-10-7-18(3)19(4)14-23/h5-15,17,24,26H,16H2,1-4H3. The van der Waals surface area contributed by atoms with Crippen LogP contribution in [0.15, 0.2) is 76.8 Å². The Hall–Kier alpha value is -2.55. The molecule has 0 spiro atoms. The van der Waals surface area contributed by atoms with Gasteiger partial charge in [-0.1, -0.05) is 38.1 Å². The highest BCUT2D eigenvalue weighted by Crippen LogP contribution is 2.29. The van der Waals surface area contributed by atoms with Crippen LogP contribution in [0.5, 0.6) is 0 Å². The van der Waals surface area contributed by atoms with Gasteiger partial charge in [-0.25, -0.2) is 21.6 Å². The van der Waals surface area contributed by atoms with Crippen LogP contribution >= 0.6 is 0 Å². The molecule has 170 valence electrons. The van der Waals surface area contributed by atoms with Crippen LogP contribution in [0, 0.1) is 13.8 Å². The summed E-state index contributed by atoms with van der Waals surface area (Å²) in [5, 5.41) is -1.12. The van der Waals surface area contributed by atoms with E-state index in [0.29, 0.717) is 5.56 Å². The second kappa shape index (κ2) is 9.52. The SMILES string of the molecule is Cc1ccc(S(=O)(=O)NCC(c2cccnc2)S(=O)(=O)c2ccc(C(C)C)cc2)cc1C. The highest BCUT2D eigenvalue weighted by molar-refractivity contribution is 7.92. The highest BCUT2D eigenvalue weighted by Gasteiger charge is 2.31. The van der Waals surface area contributed by atoms with E-state index in [-0.39, 0.29) is 22.3 Å². The van der Waals surface area contributed by atoms with Gasteiger partial charge in [-0.3, -0.25) is 4.98 Å². The van der Waals surface area contributed by atoms with Crippen molar-refractivity contribution in [2.24, 2.45) is 0 Å². The zero-order valence-electron chi connectivity index (χ0n) is 18.6. The molecule has 32 heavy (non-hydrogen) atoms. The van der Waals surface area contributed by atoms with Crippen molar-refractivity contribution in [1.82, 2.24) is 9.71 Å². The van der Waals surface area contributed by atoms with Crippen LogP contribution in [0.1, 0.15) is 47.3 Å². The highest BCUT2D eigenvalue weighted by atomic mass is 32.2. The Kier molecular flexibility index (Phi) is 7.17. The summed E-state index contributed by atoms with van der Waals surface area (Å²) in [6, 6.07) is 14.8. The van der Waals surface area contributed by atoms with Gasteiger partial charge in [-0.05, 0) is 72.4 Å². The molecule has 6 nitrogen and oxygen atoms in total. The summed E-state index contributed by atoms with van der Waals surface area (Å²) in [5.41, 5.74) is 3.26. The number of sulfonamides is 1. The summed E-state index contributed by atoms with van der Waals surface area (Å²) in [6.07, 6.45) is 3.00. The van der Waals surface area contributed by atoms with Crippen molar-refractivity contribution >= 4 is 19.9 Å². The first-order chi connectivity index (χ1) is 15.0. The van der Waals surface area contributed by atoms with Crippen LogP contribution in [-0.4, -0.2) is 28.4 Å². The van der Waals surface area contributed by atoms with E-state index < -0.39 is 25.1 Å². The molecule has 0 aliphatic carbocycles. The number of aryl methyl sites for hydroxylation is 2. The largest absolute Gasteiger partial charge is 0.264 e. The predicted molar refractivity (Wildman–Crippen MR) is 126 cm³/mol. The van der Waals surface area contributed by atoms with Gasteiger partial charge in [-0.15, -0.1) is 0 Å². The van der Waals surface area contributed by atoms with Crippen molar-refractivity contribution in [1.29, 1.82) is 0 Å². The molecule has 2 aromatic carbocycles. The van der Waals surface area contributed by atoms with E-state index in [1.807, 2.05) is 27.7 Å². The normalized spacial score (nSPS) is 13.3. The average Bonchev–Trinajstić information content (AvgIpc) is 2.76. The van der Waals surface area contributed by atoms with Crippen LogP contribution in [0.3, 0.4) is 0 Å². The molecule has 0 aliphatic heterocycles. The fourth-order valence-electron chi connectivity index (χ4n) is 3.33. The molecule has 3 rings (SSSR count). The summed E-state index contributed by atoms with van der Waals surface area (Å²) in [4.78, 5) is 4.27. The third kappa shape index (κ3) is 5.26. The lowest BCUT2D eigenvalue weighted by atomic mass is 10.0. The number of pyridine rings is 1. The molecule has 8 heteroatoms. The summed E-state index contributed by atoms with van der Waals surface area (Å²) in [7, 11) is -7.78. The summed E-state index contributed by atoms with van der Waals surface area (Å²) < 4.78 is 55.3. The Bertz CT molecular complexity index is 1290. The van der Waals surface area contributed by atoms with Crippen LogP contribution in [0.25, 0.3) is 0 Å². The number of aromatic nitrogens is 1. The predicted octanol–water partition coefficient (Wildman–Crippen LogP) is 4.32. The molecular formula is C24H28N2O4S2. The lowest BCUT2D eigenvalue weighted by molar-refractivity contribution is 0.568. The van der Waals surface area contributed by atoms with Crippen molar-refractivity contribution in [3.63, 3.8) is 0 Å². The monoisotopic (exact) mass is 472 g/mol. The minimum absolute atomic E-state index is 0.101. The summed E-state index contributed by atoms with van der Waals surface area (Å²) in [5.74, 6) is 0.269. The van der Waals surface area contributed by atoms with Gasteiger partial charge in [0.25, 0.3) is 0 Å². The third-order valence-corrected chi connectivity index (χ3v) is 9.09. The molecule has 0 aliphatic rings. The van der Waals surface area contributed by atoms with Crippen molar-refractivity contribution in [3.05, 3.63) is 89.2 Å². The Morgan fingerprint density at radius 2 is 1.50 bits per heavy atom. The quantitative estimate of drug-likeness (QED) is 0.527. The van der Waals surface area contributed by atoms with Crippen LogP contribution in [-0.2, 0) is 19.9 Å². The Labute approximate surface area is 190 Å². The van der Waals surface area contributed by atoms with E-state index in [9.17, 15) is 16.8 Å². The van der Waals surface area contributed by atoms with Gasteiger partial charge in [0.1, 0.15) is 5.25 Å². The van der Waals surface area contributed by atoms with E-state index in [1.165, 1.54) is 12.3 Å². The Morgan fingerprint density at radius 1 is 0.844 bits per heavy atom. The maximum absolute atomic E-state index is 13.5. The van der Waals surface area contributed by atoms with Gasteiger partial charge >= 0.3 is 0 Å². The fraction of sp³-hybridized carbons (Fsp3) is 0.292. The van der Waals surface area contributed by atoms with Crippen molar-refractivity contribution in [3.8, 4) is 0 Å². The van der Waals surface area contributed by atoms with Crippen LogP contribution in [0.4, 0.5) is 0 Å². The first-order valence-electron chi connectivity index (χ1n) is 10.3. The minimum Gasteiger partial charge on any atom is -0.264 e. The number of nitrogens with zero attached hydrogens (tertiary/aromatic N) is 1. The molecular weight excluding hydrogens is 444 g/mol. The second-order valence-corrected chi connectivity index (χ2v) is 12.0. The molecule has 1 unspecified atom stereocenters. The lowest BCUT2D eigenvalue weighted by Gasteiger charge is -2.19. The molecule has 1 heterocycles. The average molecular weight is 473 g/mol. The summed E-state index contributed by atoms with van der Waals surface area (Å²) in [6.45, 7) is 7.48. The lowest BCUT2D eigenvalue weighted by Crippen LogP contribution is -2.32. The van der Waals surface area contributed by atoms with Gasteiger partial charge in [0.2, 0.25) is 10.0 Å². The molecule has 3 aromatic rings. The number of sulfone groups is 1. The second-order valence-electron chi connectivity index (χ2n) is 8.14. The number of hydrogen-bond acceptors (Lipinski definition) is 5. The zero-order valence-corrected chi connectivity index (χ0v) is 20.2. The van der Waals surface area contributed by atoms with Crippen molar-refractivity contribution < 1.29 is 16.8 Å². The number of rotatable bonds is 8. The maximum Gasteiger partial charge on any atom is 0.240 e. The van der Waals surface area contributed by atoms with E-state index >= 15 is 0 Å². The summed E-state index contributed by atoms with van der Waals surface area (Å²) >= 11 is 0. The molecule has 1 aromatic heterocycles. The smallest absolute Gasteiger partial charge is 0.240 e. The molecule has 1 atom stereocenters. The number of nitrogens with one attached hydrogen (secondary N) is 1. The van der Waals surface area contributed by atoms with E-state index in [4.69, 9.17) is 0 Å². The van der Waals surface area contributed by atoms with Crippen LogP contribution < -0.4 is 4.72 Å². The van der Waals surface area contributed by atoms with Gasteiger partial charge in [0.05, 0.1) is 9.79 Å². The zero-order chi connectivity index (χ0) is 23.5.